The fraction of sp³-hybridized carbons (Fsp3) is 0.692. The molecule has 1 aliphatic rings. The number of likely N-dealkylation sites (N-methyl/N-ethyl adjacent to an activating group) is 1. The molecule has 2 N–H and O–H groups in total. The van der Waals surface area contributed by atoms with Crippen molar-refractivity contribution in [2.45, 2.75) is 30.8 Å². The summed E-state index contributed by atoms with van der Waals surface area (Å²) in [5.74, 6) is 0. The summed E-state index contributed by atoms with van der Waals surface area (Å²) in [6.07, 6.45) is 2.54. The van der Waals surface area contributed by atoms with Crippen LogP contribution in [0.15, 0.2) is 17.2 Å². The summed E-state index contributed by atoms with van der Waals surface area (Å²) in [6.45, 7) is 5.28. The first kappa shape index (κ1) is 15.5. The van der Waals surface area contributed by atoms with Crippen LogP contribution in [0.4, 0.5) is 0 Å². The second kappa shape index (κ2) is 6.26. The molecule has 0 spiro atoms. The summed E-state index contributed by atoms with van der Waals surface area (Å²) in [7, 11) is 0.456. The van der Waals surface area contributed by atoms with E-state index in [4.69, 9.17) is 0 Å². The van der Waals surface area contributed by atoms with Gasteiger partial charge in [0.15, 0.2) is 0 Å². The van der Waals surface area contributed by atoms with Gasteiger partial charge in [0.2, 0.25) is 10.0 Å². The van der Waals surface area contributed by atoms with E-state index in [0.717, 1.165) is 31.7 Å². The van der Waals surface area contributed by atoms with E-state index in [1.165, 1.54) is 0 Å². The van der Waals surface area contributed by atoms with Crippen molar-refractivity contribution >= 4 is 10.0 Å². The van der Waals surface area contributed by atoms with E-state index in [0.29, 0.717) is 11.4 Å². The van der Waals surface area contributed by atoms with Crippen LogP contribution in [-0.2, 0) is 23.6 Å². The fourth-order valence-electron chi connectivity index (χ4n) is 2.47. The zero-order chi connectivity index (χ0) is 14.8. The van der Waals surface area contributed by atoms with Gasteiger partial charge in [-0.05, 0) is 32.6 Å². The first-order valence-corrected chi connectivity index (χ1v) is 8.47. The van der Waals surface area contributed by atoms with Gasteiger partial charge in [0.1, 0.15) is 0 Å². The molecule has 1 aliphatic heterocycles. The normalized spacial score (nSPS) is 20.6. The zero-order valence-electron chi connectivity index (χ0n) is 12.4. The molecular weight excluding hydrogens is 276 g/mol. The van der Waals surface area contributed by atoms with Gasteiger partial charge in [0, 0.05) is 38.1 Å². The maximum Gasteiger partial charge on any atom is 0.242 e. The minimum Gasteiger partial charge on any atom is -0.352 e. The molecule has 1 saturated heterocycles. The Kier molecular flexibility index (Phi) is 4.85. The molecule has 6 nitrogen and oxygen atoms in total. The van der Waals surface area contributed by atoms with E-state index < -0.39 is 10.0 Å². The molecule has 0 bridgehead atoms. The summed E-state index contributed by atoms with van der Waals surface area (Å²) in [5.41, 5.74) is 0.968. The lowest BCUT2D eigenvalue weighted by atomic mass is 10.3. The van der Waals surface area contributed by atoms with Gasteiger partial charge in [-0.2, -0.15) is 0 Å². The van der Waals surface area contributed by atoms with Gasteiger partial charge >= 0.3 is 0 Å². The molecule has 0 aliphatic carbocycles. The molecule has 20 heavy (non-hydrogen) atoms. The summed E-state index contributed by atoms with van der Waals surface area (Å²) in [5, 5.41) is 3.21. The van der Waals surface area contributed by atoms with E-state index in [2.05, 4.69) is 14.9 Å². The summed E-state index contributed by atoms with van der Waals surface area (Å²) < 4.78 is 29.4. The highest BCUT2D eigenvalue weighted by Crippen LogP contribution is 2.16. The Morgan fingerprint density at radius 2 is 2.15 bits per heavy atom. The molecule has 1 aromatic rings. The van der Waals surface area contributed by atoms with Crippen LogP contribution < -0.4 is 10.0 Å². The van der Waals surface area contributed by atoms with Crippen LogP contribution in [0.1, 0.15) is 19.0 Å². The maximum absolute atomic E-state index is 12.4. The van der Waals surface area contributed by atoms with E-state index in [-0.39, 0.29) is 6.04 Å². The van der Waals surface area contributed by atoms with E-state index >= 15 is 0 Å². The number of aromatic nitrogens is 1. The minimum atomic E-state index is -3.42. The average molecular weight is 300 g/mol. The number of nitrogens with one attached hydrogen (secondary N) is 2. The minimum absolute atomic E-state index is 0.0161. The fourth-order valence-corrected chi connectivity index (χ4v) is 3.83. The highest BCUT2D eigenvalue weighted by Gasteiger charge is 2.26. The molecule has 1 aromatic heterocycles. The zero-order valence-corrected chi connectivity index (χ0v) is 13.2. The molecule has 0 aromatic carbocycles. The Hall–Kier alpha value is -0.890. The van der Waals surface area contributed by atoms with Crippen LogP contribution in [0.3, 0.4) is 0 Å². The van der Waals surface area contributed by atoms with E-state index in [1.807, 2.05) is 25.6 Å². The second-order valence-corrected chi connectivity index (χ2v) is 7.14. The van der Waals surface area contributed by atoms with Gasteiger partial charge in [0.25, 0.3) is 0 Å². The third-order valence-corrected chi connectivity index (χ3v) is 5.15. The van der Waals surface area contributed by atoms with Gasteiger partial charge in [-0.1, -0.05) is 6.92 Å². The largest absolute Gasteiger partial charge is 0.352 e. The Labute approximate surface area is 121 Å². The first-order valence-electron chi connectivity index (χ1n) is 6.99. The molecule has 114 valence electrons. The lowest BCUT2D eigenvalue weighted by Crippen LogP contribution is -2.36. The van der Waals surface area contributed by atoms with Crippen LogP contribution in [0.5, 0.6) is 0 Å². The average Bonchev–Trinajstić information content (AvgIpc) is 2.93. The SMILES string of the molecule is CCNCc1cc(S(=O)(=O)NC2CCN(C)C2)cn1C. The van der Waals surface area contributed by atoms with Gasteiger partial charge in [-0.3, -0.25) is 0 Å². The van der Waals surface area contributed by atoms with Crippen molar-refractivity contribution in [1.82, 2.24) is 19.5 Å². The highest BCUT2D eigenvalue weighted by atomic mass is 32.2. The predicted octanol–water partition coefficient (Wildman–Crippen LogP) is 0.117. The molecule has 2 heterocycles. The molecule has 0 saturated carbocycles. The van der Waals surface area contributed by atoms with E-state index in [1.54, 1.807) is 12.3 Å². The predicted molar refractivity (Wildman–Crippen MR) is 79.0 cm³/mol. The molecule has 0 radical (unpaired) electrons. The van der Waals surface area contributed by atoms with Crippen molar-refractivity contribution in [3.8, 4) is 0 Å². The second-order valence-electron chi connectivity index (χ2n) is 5.43. The van der Waals surface area contributed by atoms with Crippen molar-refractivity contribution in [1.29, 1.82) is 0 Å². The Morgan fingerprint density at radius 3 is 2.75 bits per heavy atom. The van der Waals surface area contributed by atoms with Crippen LogP contribution in [0.25, 0.3) is 0 Å². The van der Waals surface area contributed by atoms with Gasteiger partial charge in [0.05, 0.1) is 4.90 Å². The van der Waals surface area contributed by atoms with Crippen molar-refractivity contribution in [3.63, 3.8) is 0 Å². The summed E-state index contributed by atoms with van der Waals surface area (Å²) in [6, 6.07) is 1.76. The maximum atomic E-state index is 12.4. The smallest absolute Gasteiger partial charge is 0.242 e. The lowest BCUT2D eigenvalue weighted by molar-refractivity contribution is 0.407. The number of likely N-dealkylation sites (tertiary alicyclic amines) is 1. The summed E-state index contributed by atoms with van der Waals surface area (Å²) >= 11 is 0. The van der Waals surface area contributed by atoms with Crippen molar-refractivity contribution in [3.05, 3.63) is 18.0 Å². The van der Waals surface area contributed by atoms with Crippen molar-refractivity contribution in [2.24, 2.45) is 7.05 Å². The van der Waals surface area contributed by atoms with Crippen molar-refractivity contribution < 1.29 is 8.42 Å². The van der Waals surface area contributed by atoms with Crippen LogP contribution in [-0.4, -0.2) is 50.6 Å². The number of sulfonamides is 1. The Balaban J connectivity index is 2.09. The third-order valence-electron chi connectivity index (χ3n) is 3.66. The Bertz CT molecular complexity index is 553. The van der Waals surface area contributed by atoms with Gasteiger partial charge in [-0.15, -0.1) is 0 Å². The molecular formula is C13H24N4O2S. The standard InChI is InChI=1S/C13H24N4O2S/c1-4-14-8-12-7-13(10-17(12)3)20(18,19)15-11-5-6-16(2)9-11/h7,10-11,14-15H,4-6,8-9H2,1-3H3. The lowest BCUT2D eigenvalue weighted by Gasteiger charge is -2.12. The van der Waals surface area contributed by atoms with Crippen LogP contribution in [0, 0.1) is 0 Å². The third kappa shape index (κ3) is 3.60. The molecule has 2 rings (SSSR count). The van der Waals surface area contributed by atoms with Gasteiger partial charge in [-0.25, -0.2) is 13.1 Å². The van der Waals surface area contributed by atoms with E-state index in [9.17, 15) is 8.42 Å². The van der Waals surface area contributed by atoms with Crippen LogP contribution in [0.2, 0.25) is 0 Å². The number of nitrogens with zero attached hydrogens (tertiary/aromatic N) is 2. The first-order chi connectivity index (χ1) is 9.42. The molecule has 1 atom stereocenters. The monoisotopic (exact) mass is 300 g/mol. The molecule has 1 fully saturated rings. The van der Waals surface area contributed by atoms with Crippen molar-refractivity contribution in [2.75, 3.05) is 26.7 Å². The number of hydrogen-bond donors (Lipinski definition) is 2. The highest BCUT2D eigenvalue weighted by molar-refractivity contribution is 7.89. The van der Waals surface area contributed by atoms with Crippen LogP contribution >= 0.6 is 0 Å². The molecule has 1 unspecified atom stereocenters. The topological polar surface area (TPSA) is 66.4 Å². The quantitative estimate of drug-likeness (QED) is 0.783. The number of rotatable bonds is 6. The number of aryl methyl sites for hydroxylation is 1. The molecule has 7 heteroatoms. The Morgan fingerprint density at radius 1 is 1.40 bits per heavy atom. The summed E-state index contributed by atoms with van der Waals surface area (Å²) in [4.78, 5) is 2.48. The number of hydrogen-bond acceptors (Lipinski definition) is 4. The van der Waals surface area contributed by atoms with Gasteiger partial charge < -0.3 is 14.8 Å². The molecule has 0 amide bonds.